The molecule has 2 aliphatic rings. The first-order valence-electron chi connectivity index (χ1n) is 11.4. The molecule has 1 saturated carbocycles. The zero-order valence-corrected chi connectivity index (χ0v) is 18.7. The Kier molecular flexibility index (Phi) is 5.97. The minimum Gasteiger partial charge on any atom is -0.365 e. The van der Waals surface area contributed by atoms with Crippen molar-refractivity contribution in [2.24, 2.45) is 11.8 Å². The number of nitrogens with zero attached hydrogens (tertiary/aromatic N) is 4. The molecule has 0 unspecified atom stereocenters. The Morgan fingerprint density at radius 3 is 2.47 bits per heavy atom. The Hall–Kier alpha value is -3.07. The molecule has 3 aromatic rings. The summed E-state index contributed by atoms with van der Waals surface area (Å²) in [6, 6.07) is 10.7. The largest absolute Gasteiger partial charge is 0.420 e. The van der Waals surface area contributed by atoms with Gasteiger partial charge in [0.15, 0.2) is 5.82 Å². The van der Waals surface area contributed by atoms with Crippen LogP contribution in [-0.2, 0) is 12.7 Å². The van der Waals surface area contributed by atoms with Gasteiger partial charge in [0.25, 0.3) is 0 Å². The summed E-state index contributed by atoms with van der Waals surface area (Å²) in [6.45, 7) is 4.31. The fourth-order valence-corrected chi connectivity index (χ4v) is 5.27. The van der Waals surface area contributed by atoms with Gasteiger partial charge in [0, 0.05) is 37.4 Å². The molecule has 0 radical (unpaired) electrons. The van der Waals surface area contributed by atoms with Crippen molar-refractivity contribution < 1.29 is 17.6 Å². The summed E-state index contributed by atoms with van der Waals surface area (Å²) in [5.41, 5.74) is 1.07. The van der Waals surface area contributed by atoms with E-state index >= 15 is 0 Å². The molecule has 0 spiro atoms. The molecule has 2 aromatic heterocycles. The van der Waals surface area contributed by atoms with E-state index in [0.717, 1.165) is 44.2 Å². The molecule has 34 heavy (non-hydrogen) atoms. The number of anilines is 1. The lowest BCUT2D eigenvalue weighted by molar-refractivity contribution is -0.137. The summed E-state index contributed by atoms with van der Waals surface area (Å²) in [5, 5.41) is 10.9. The fraction of sp³-hybridized carbons (Fsp3) is 0.400. The summed E-state index contributed by atoms with van der Waals surface area (Å²) in [7, 11) is 0. The molecule has 3 heterocycles. The summed E-state index contributed by atoms with van der Waals surface area (Å²) >= 11 is 0. The SMILES string of the molecule is Cc1ccc(F)cc1-c1cc(C(F)(F)F)c(NC2C[C@@H]3CN(Cc4ccccn4)C[C@H]3C2)nn1. The zero-order chi connectivity index (χ0) is 23.9. The van der Waals surface area contributed by atoms with Crippen molar-refractivity contribution in [2.75, 3.05) is 18.4 Å². The van der Waals surface area contributed by atoms with E-state index in [9.17, 15) is 17.6 Å². The van der Waals surface area contributed by atoms with Crippen LogP contribution < -0.4 is 5.32 Å². The number of aromatic nitrogens is 3. The van der Waals surface area contributed by atoms with Crippen molar-refractivity contribution in [1.82, 2.24) is 20.1 Å². The van der Waals surface area contributed by atoms with Crippen LogP contribution in [0.3, 0.4) is 0 Å². The van der Waals surface area contributed by atoms with Gasteiger partial charge in [-0.3, -0.25) is 9.88 Å². The third-order valence-electron chi connectivity index (χ3n) is 6.85. The Labute approximate surface area is 195 Å². The molecular weight excluding hydrogens is 446 g/mol. The molecule has 0 bridgehead atoms. The van der Waals surface area contributed by atoms with Crippen LogP contribution >= 0.6 is 0 Å². The highest BCUT2D eigenvalue weighted by Gasteiger charge is 2.42. The number of halogens is 4. The second-order valence-corrected chi connectivity index (χ2v) is 9.30. The predicted octanol–water partition coefficient (Wildman–Crippen LogP) is 5.33. The standard InChI is InChI=1S/C25H25F4N5/c1-15-5-6-18(26)10-21(15)23-11-22(25(27,28)29)24(33-32-23)31-20-8-16-12-34(13-17(16)9-20)14-19-4-2-3-7-30-19/h2-7,10-11,16-17,20H,8-9,12-14H2,1H3,(H,31,33)/t16-,17-/m1/s1. The van der Waals surface area contributed by atoms with E-state index in [1.165, 1.54) is 18.2 Å². The molecule has 178 valence electrons. The van der Waals surface area contributed by atoms with E-state index in [1.807, 2.05) is 18.2 Å². The Balaban J connectivity index is 1.29. The van der Waals surface area contributed by atoms with Gasteiger partial charge in [0.2, 0.25) is 0 Å². The summed E-state index contributed by atoms with van der Waals surface area (Å²) < 4.78 is 55.4. The molecule has 5 nitrogen and oxygen atoms in total. The smallest absolute Gasteiger partial charge is 0.365 e. The number of fused-ring (bicyclic) bond motifs is 1. The van der Waals surface area contributed by atoms with Gasteiger partial charge in [0.05, 0.1) is 11.4 Å². The lowest BCUT2D eigenvalue weighted by Gasteiger charge is -2.21. The van der Waals surface area contributed by atoms with Crippen molar-refractivity contribution in [2.45, 2.75) is 38.5 Å². The number of hydrogen-bond donors (Lipinski definition) is 1. The first-order chi connectivity index (χ1) is 16.3. The fourth-order valence-electron chi connectivity index (χ4n) is 5.27. The summed E-state index contributed by atoms with van der Waals surface area (Å²) in [6.07, 6.45) is -1.26. The zero-order valence-electron chi connectivity index (χ0n) is 18.7. The second-order valence-electron chi connectivity index (χ2n) is 9.30. The van der Waals surface area contributed by atoms with Gasteiger partial charge >= 0.3 is 6.18 Å². The minimum atomic E-state index is -4.61. The Morgan fingerprint density at radius 1 is 1.03 bits per heavy atom. The maximum atomic E-state index is 13.9. The lowest BCUT2D eigenvalue weighted by Crippen LogP contribution is -2.26. The van der Waals surface area contributed by atoms with Crippen LogP contribution in [0.1, 0.15) is 29.7 Å². The van der Waals surface area contributed by atoms with Crippen LogP contribution in [0, 0.1) is 24.6 Å². The van der Waals surface area contributed by atoms with Gasteiger partial charge in [-0.15, -0.1) is 10.2 Å². The minimum absolute atomic E-state index is 0.00308. The van der Waals surface area contributed by atoms with Crippen LogP contribution in [0.4, 0.5) is 23.4 Å². The normalized spacial score (nSPS) is 21.1. The quantitative estimate of drug-likeness (QED) is 0.510. The number of aryl methyl sites for hydroxylation is 1. The number of benzene rings is 1. The maximum absolute atomic E-state index is 13.9. The van der Waals surface area contributed by atoms with Crippen molar-refractivity contribution >= 4 is 5.82 Å². The van der Waals surface area contributed by atoms with E-state index in [-0.39, 0.29) is 17.6 Å². The molecular formula is C25H25F4N5. The number of alkyl halides is 3. The highest BCUT2D eigenvalue weighted by molar-refractivity contribution is 5.65. The lowest BCUT2D eigenvalue weighted by atomic mass is 10.0. The van der Waals surface area contributed by atoms with Crippen LogP contribution in [-0.4, -0.2) is 39.2 Å². The van der Waals surface area contributed by atoms with Gasteiger partial charge in [0.1, 0.15) is 11.4 Å². The van der Waals surface area contributed by atoms with Crippen LogP contribution in [0.25, 0.3) is 11.3 Å². The number of hydrogen-bond acceptors (Lipinski definition) is 5. The number of pyridine rings is 1. The van der Waals surface area contributed by atoms with Crippen molar-refractivity contribution in [3.63, 3.8) is 0 Å². The molecule has 2 fully saturated rings. The monoisotopic (exact) mass is 471 g/mol. The number of nitrogens with one attached hydrogen (secondary N) is 1. The average Bonchev–Trinajstić information content (AvgIpc) is 3.33. The Morgan fingerprint density at radius 2 is 1.79 bits per heavy atom. The number of rotatable bonds is 5. The summed E-state index contributed by atoms with van der Waals surface area (Å²) in [5.74, 6) is 0.0591. The molecule has 0 amide bonds. The van der Waals surface area contributed by atoms with Crippen LogP contribution in [0.2, 0.25) is 0 Å². The first kappa shape index (κ1) is 22.7. The third-order valence-corrected chi connectivity index (χ3v) is 6.85. The van der Waals surface area contributed by atoms with E-state index in [1.54, 1.807) is 13.1 Å². The average molecular weight is 472 g/mol. The van der Waals surface area contributed by atoms with Gasteiger partial charge in [-0.2, -0.15) is 13.2 Å². The van der Waals surface area contributed by atoms with Crippen LogP contribution in [0.15, 0.2) is 48.7 Å². The summed E-state index contributed by atoms with van der Waals surface area (Å²) in [4.78, 5) is 6.75. The molecule has 1 aliphatic heterocycles. The Bertz CT molecular complexity index is 1150. The molecule has 1 N–H and O–H groups in total. The topological polar surface area (TPSA) is 53.9 Å². The molecule has 9 heteroatoms. The van der Waals surface area contributed by atoms with Gasteiger partial charge < -0.3 is 5.32 Å². The van der Waals surface area contributed by atoms with E-state index in [4.69, 9.17) is 0 Å². The molecule has 1 saturated heterocycles. The second kappa shape index (κ2) is 8.94. The van der Waals surface area contributed by atoms with Gasteiger partial charge in [-0.1, -0.05) is 12.1 Å². The first-order valence-corrected chi connectivity index (χ1v) is 11.4. The van der Waals surface area contributed by atoms with Gasteiger partial charge in [-0.25, -0.2) is 4.39 Å². The van der Waals surface area contributed by atoms with Crippen molar-refractivity contribution in [3.05, 3.63) is 71.3 Å². The third kappa shape index (κ3) is 4.75. The highest BCUT2D eigenvalue weighted by Crippen LogP contribution is 2.41. The van der Waals surface area contributed by atoms with E-state index in [0.29, 0.717) is 23.0 Å². The molecule has 1 aliphatic carbocycles. The van der Waals surface area contributed by atoms with E-state index < -0.39 is 17.6 Å². The highest BCUT2D eigenvalue weighted by atomic mass is 19.4. The molecule has 5 rings (SSSR count). The molecule has 2 atom stereocenters. The van der Waals surface area contributed by atoms with E-state index in [2.05, 4.69) is 25.4 Å². The maximum Gasteiger partial charge on any atom is 0.420 e. The van der Waals surface area contributed by atoms with Gasteiger partial charge in [-0.05, 0) is 67.5 Å². The van der Waals surface area contributed by atoms with Crippen molar-refractivity contribution in [1.29, 1.82) is 0 Å². The molecule has 1 aromatic carbocycles. The van der Waals surface area contributed by atoms with Crippen LogP contribution in [0.5, 0.6) is 0 Å². The number of likely N-dealkylation sites (tertiary alicyclic amines) is 1. The predicted molar refractivity (Wildman–Crippen MR) is 120 cm³/mol. The van der Waals surface area contributed by atoms with Crippen molar-refractivity contribution in [3.8, 4) is 11.3 Å².